The van der Waals surface area contributed by atoms with Crippen molar-refractivity contribution in [2.45, 2.75) is 75.6 Å². The van der Waals surface area contributed by atoms with Gasteiger partial charge >= 0.3 is 0 Å². The van der Waals surface area contributed by atoms with E-state index in [4.69, 9.17) is 10.5 Å². The van der Waals surface area contributed by atoms with Crippen LogP contribution < -0.4 is 15.8 Å². The zero-order valence-electron chi connectivity index (χ0n) is 21.8. The molecule has 2 atom stereocenters. The number of methoxy groups -OCH3 is 1. The van der Waals surface area contributed by atoms with E-state index < -0.39 is 0 Å². The molecule has 0 radical (unpaired) electrons. The molecule has 1 fully saturated rings. The molecule has 0 saturated heterocycles. The van der Waals surface area contributed by atoms with Crippen LogP contribution in [0.25, 0.3) is 6.08 Å². The van der Waals surface area contributed by atoms with Crippen LogP contribution in [0.1, 0.15) is 69.4 Å². The molecule has 1 aromatic rings. The van der Waals surface area contributed by atoms with Crippen molar-refractivity contribution in [1.29, 1.82) is 0 Å². The summed E-state index contributed by atoms with van der Waals surface area (Å²) in [5.74, 6) is 1.60. The Labute approximate surface area is 228 Å². The van der Waals surface area contributed by atoms with Crippen LogP contribution in [0.15, 0.2) is 41.6 Å². The van der Waals surface area contributed by atoms with Crippen LogP contribution in [-0.4, -0.2) is 40.4 Å². The molecule has 1 aromatic carbocycles. The van der Waals surface area contributed by atoms with Crippen LogP contribution in [-0.2, 0) is 16.0 Å². The molecule has 1 spiro atoms. The third kappa shape index (κ3) is 6.84. The van der Waals surface area contributed by atoms with Crippen molar-refractivity contribution in [1.82, 2.24) is 5.32 Å². The summed E-state index contributed by atoms with van der Waals surface area (Å²) < 4.78 is 5.31. The fourth-order valence-electron chi connectivity index (χ4n) is 5.36. The predicted octanol–water partition coefficient (Wildman–Crippen LogP) is 5.70. The van der Waals surface area contributed by atoms with E-state index in [-0.39, 0.29) is 34.6 Å². The number of allylic oxidation sites excluding steroid dienone is 3. The molecule has 2 heterocycles. The first kappa shape index (κ1) is 27.9. The van der Waals surface area contributed by atoms with Gasteiger partial charge in [-0.3, -0.25) is 9.59 Å². The third-order valence-electron chi connectivity index (χ3n) is 7.65. The maximum Gasteiger partial charge on any atom is 0.163 e. The van der Waals surface area contributed by atoms with E-state index in [0.29, 0.717) is 24.5 Å². The molecule has 1 aliphatic carbocycles. The molecule has 3 aliphatic rings. The highest BCUT2D eigenvalue weighted by atomic mass is 33.1. The summed E-state index contributed by atoms with van der Waals surface area (Å²) in [5, 5.41) is 13.9. The van der Waals surface area contributed by atoms with Crippen LogP contribution in [0.5, 0.6) is 11.5 Å². The second kappa shape index (κ2) is 12.6. The Morgan fingerprint density at radius 2 is 1.97 bits per heavy atom. The summed E-state index contributed by atoms with van der Waals surface area (Å²) in [5.41, 5.74) is 10.5. The van der Waals surface area contributed by atoms with Crippen molar-refractivity contribution >= 4 is 39.2 Å². The number of ketones is 2. The van der Waals surface area contributed by atoms with Gasteiger partial charge in [-0.25, -0.2) is 0 Å². The highest BCUT2D eigenvalue weighted by Gasteiger charge is 2.41. The molecule has 200 valence electrons. The summed E-state index contributed by atoms with van der Waals surface area (Å²) >= 11 is 0. The van der Waals surface area contributed by atoms with Crippen LogP contribution in [0.2, 0.25) is 0 Å². The Morgan fingerprint density at radius 1 is 1.19 bits per heavy atom. The van der Waals surface area contributed by atoms with E-state index in [1.54, 1.807) is 18.2 Å². The van der Waals surface area contributed by atoms with Gasteiger partial charge in [-0.1, -0.05) is 59.9 Å². The summed E-state index contributed by atoms with van der Waals surface area (Å²) in [6.45, 7) is 2.18. The highest BCUT2D eigenvalue weighted by molar-refractivity contribution is 8.77. The Kier molecular flexibility index (Phi) is 9.48. The number of phenolic OH excluding ortho intramolecular Hbond substituents is 1. The van der Waals surface area contributed by atoms with Crippen LogP contribution in [0.4, 0.5) is 0 Å². The van der Waals surface area contributed by atoms with Crippen molar-refractivity contribution in [3.63, 3.8) is 0 Å². The Bertz CT molecular complexity index is 1110. The van der Waals surface area contributed by atoms with Gasteiger partial charge in [0, 0.05) is 18.4 Å². The number of carbonyl (C=O) groups is 2. The number of nitrogens with one attached hydrogen (secondary N) is 1. The number of hydrogen-bond donors (Lipinski definition) is 3. The van der Waals surface area contributed by atoms with Gasteiger partial charge in [0.25, 0.3) is 0 Å². The van der Waals surface area contributed by atoms with Gasteiger partial charge in [0.2, 0.25) is 0 Å². The van der Waals surface area contributed by atoms with Gasteiger partial charge in [0.1, 0.15) is 5.78 Å². The van der Waals surface area contributed by atoms with Crippen molar-refractivity contribution < 1.29 is 19.4 Å². The molecule has 4 rings (SSSR count). The monoisotopic (exact) mass is 542 g/mol. The second-order valence-electron chi connectivity index (χ2n) is 10.3. The number of nitrogens with two attached hydrogens (primary N) is 1. The molecule has 0 aromatic heterocycles. The van der Waals surface area contributed by atoms with Gasteiger partial charge in [-0.05, 0) is 72.1 Å². The number of rotatable bonds is 2. The van der Waals surface area contributed by atoms with Crippen molar-refractivity contribution in [2.24, 2.45) is 11.7 Å². The molecule has 0 amide bonds. The zero-order chi connectivity index (χ0) is 26.4. The van der Waals surface area contributed by atoms with E-state index in [2.05, 4.69) is 18.3 Å². The number of carbonyl (C=O) groups excluding carboxylic acids is 2. The highest BCUT2D eigenvalue weighted by Crippen LogP contribution is 2.53. The number of Topliss-reactive ketones (excluding diaryl/α,β-unsaturated/α-hetero) is 1. The average Bonchev–Trinajstić information content (AvgIpc) is 3.36. The quantitative estimate of drug-likeness (QED) is 0.323. The number of dihydropyridines is 1. The molecule has 37 heavy (non-hydrogen) atoms. The first-order valence-corrected chi connectivity index (χ1v) is 15.5. The van der Waals surface area contributed by atoms with Crippen molar-refractivity contribution in [3.05, 3.63) is 52.8 Å². The number of fused-ring (bicyclic) bond motifs is 3. The van der Waals surface area contributed by atoms with Gasteiger partial charge in [-0.2, -0.15) is 0 Å². The average molecular weight is 543 g/mol. The largest absolute Gasteiger partial charge is 0.504 e. The first-order valence-electron chi connectivity index (χ1n) is 13.2. The lowest BCUT2D eigenvalue weighted by Crippen LogP contribution is -2.45. The fraction of sp³-hybridized carbons (Fsp3) is 0.517. The summed E-state index contributed by atoms with van der Waals surface area (Å²) in [6.07, 6.45) is 14.5. The number of hydrogen-bond acceptors (Lipinski definition) is 8. The Balaban J connectivity index is 1.72. The van der Waals surface area contributed by atoms with E-state index in [1.165, 1.54) is 31.6 Å². The first-order chi connectivity index (χ1) is 17.8. The maximum absolute atomic E-state index is 12.6. The molecule has 2 unspecified atom stereocenters. The maximum atomic E-state index is 12.6. The molecule has 1 saturated carbocycles. The van der Waals surface area contributed by atoms with E-state index in [0.717, 1.165) is 48.1 Å². The van der Waals surface area contributed by atoms with Crippen LogP contribution >= 0.6 is 21.6 Å². The number of phenols is 1. The number of benzene rings is 1. The summed E-state index contributed by atoms with van der Waals surface area (Å²) in [6, 6.07) is 3.43. The lowest BCUT2D eigenvalue weighted by molar-refractivity contribution is -0.124. The molecule has 4 N–H and O–H groups in total. The molecule has 2 bridgehead atoms. The van der Waals surface area contributed by atoms with Crippen LogP contribution in [0.3, 0.4) is 0 Å². The zero-order valence-corrected chi connectivity index (χ0v) is 23.4. The van der Waals surface area contributed by atoms with E-state index in [1.807, 2.05) is 27.8 Å². The lowest BCUT2D eigenvalue weighted by atomic mass is 9.88. The number of ether oxygens (including phenoxy) is 1. The molecule has 8 heteroatoms. The summed E-state index contributed by atoms with van der Waals surface area (Å²) in [7, 11) is 5.36. The molecular formula is C29H38N2O4S2. The minimum Gasteiger partial charge on any atom is -0.504 e. The smallest absolute Gasteiger partial charge is 0.163 e. The van der Waals surface area contributed by atoms with Gasteiger partial charge in [0.15, 0.2) is 17.3 Å². The van der Waals surface area contributed by atoms with Gasteiger partial charge in [-0.15, -0.1) is 0 Å². The fourth-order valence-corrected chi connectivity index (χ4v) is 9.23. The predicted molar refractivity (Wildman–Crippen MR) is 154 cm³/mol. The molecule has 6 nitrogen and oxygen atoms in total. The Morgan fingerprint density at radius 3 is 2.70 bits per heavy atom. The molecular weight excluding hydrogens is 504 g/mol. The Hall–Kier alpha value is -2.16. The lowest BCUT2D eigenvalue weighted by Gasteiger charge is -2.37. The number of aromatic hydroxyl groups is 1. The van der Waals surface area contributed by atoms with Gasteiger partial charge < -0.3 is 20.9 Å². The van der Waals surface area contributed by atoms with Crippen molar-refractivity contribution in [3.8, 4) is 11.5 Å². The van der Waals surface area contributed by atoms with Crippen molar-refractivity contribution in [2.75, 3.05) is 12.9 Å². The van der Waals surface area contributed by atoms with E-state index >= 15 is 0 Å². The topological polar surface area (TPSA) is 102 Å². The van der Waals surface area contributed by atoms with Crippen LogP contribution in [0, 0.1) is 5.92 Å². The SMILES string of the molecule is CCC1CCC(=O)CC(=O)C=Cc2cc(OC)c(O)cc2CC2=CNC(N)C(=C2)C2(CCCC2)SSC1. The minimum absolute atomic E-state index is 0.00661. The second-order valence-corrected chi connectivity index (χ2v) is 13.0. The summed E-state index contributed by atoms with van der Waals surface area (Å²) in [4.78, 5) is 25.1. The third-order valence-corrected chi connectivity index (χ3v) is 11.1. The molecule has 2 aliphatic heterocycles. The normalized spacial score (nSPS) is 24.9. The standard InChI is InChI=1S/C29H38N2O4S2/c1-3-19-6-8-23(32)16-24(33)9-7-21-15-27(35-2)26(34)14-22(21)12-20-13-25(28(30)31-17-20)29(37-36-18-19)10-4-5-11-29/h7,9,13-15,17,19,28,31,34H,3-6,8,10-12,16,18,30H2,1-2H3. The van der Waals surface area contributed by atoms with Gasteiger partial charge in [0.05, 0.1) is 24.4 Å². The minimum atomic E-state index is -0.235. The van der Waals surface area contributed by atoms with E-state index in [9.17, 15) is 14.7 Å².